The first kappa shape index (κ1) is 11.2. The Labute approximate surface area is 91.9 Å². The van der Waals surface area contributed by atoms with Crippen molar-refractivity contribution in [2.24, 2.45) is 0 Å². The van der Waals surface area contributed by atoms with Crippen molar-refractivity contribution >= 4 is 27.3 Å². The predicted molar refractivity (Wildman–Crippen MR) is 61.3 cm³/mol. The molecular weight excluding hydrogens is 248 g/mol. The molecule has 1 heterocycles. The van der Waals surface area contributed by atoms with Crippen LogP contribution < -0.4 is 0 Å². The molecule has 1 aromatic rings. The van der Waals surface area contributed by atoms with Gasteiger partial charge in [0.1, 0.15) is 0 Å². The van der Waals surface area contributed by atoms with Gasteiger partial charge in [0.25, 0.3) is 0 Å². The van der Waals surface area contributed by atoms with E-state index >= 15 is 0 Å². The highest BCUT2D eigenvalue weighted by atomic mass is 79.9. The fraction of sp³-hybridized carbons (Fsp3) is 0.600. The van der Waals surface area contributed by atoms with Gasteiger partial charge in [-0.15, -0.1) is 11.3 Å². The van der Waals surface area contributed by atoms with Gasteiger partial charge in [0.2, 0.25) is 0 Å². The largest absolute Gasteiger partial charge is 0.390 e. The van der Waals surface area contributed by atoms with E-state index in [1.54, 1.807) is 11.3 Å². The van der Waals surface area contributed by atoms with Gasteiger partial charge in [-0.25, -0.2) is 0 Å². The van der Waals surface area contributed by atoms with Crippen molar-refractivity contribution in [3.63, 3.8) is 0 Å². The Balaban J connectivity index is 2.57. The zero-order valence-corrected chi connectivity index (χ0v) is 10.4. The Morgan fingerprint density at radius 1 is 1.54 bits per heavy atom. The van der Waals surface area contributed by atoms with Gasteiger partial charge < -0.3 is 5.11 Å². The summed E-state index contributed by atoms with van der Waals surface area (Å²) in [4.78, 5) is 1.24. The second-order valence-electron chi connectivity index (χ2n) is 3.63. The van der Waals surface area contributed by atoms with Crippen LogP contribution in [0, 0.1) is 0 Å². The summed E-state index contributed by atoms with van der Waals surface area (Å²) < 4.78 is 1.13. The molecule has 0 aliphatic heterocycles. The van der Waals surface area contributed by atoms with Crippen LogP contribution in [0.4, 0.5) is 0 Å². The van der Waals surface area contributed by atoms with Gasteiger partial charge in [0.15, 0.2) is 0 Å². The topological polar surface area (TPSA) is 20.2 Å². The van der Waals surface area contributed by atoms with Crippen LogP contribution in [0.25, 0.3) is 0 Å². The zero-order chi connectivity index (χ0) is 9.90. The smallest absolute Gasteiger partial charge is 0.0701 e. The molecule has 1 atom stereocenters. The molecule has 0 saturated heterocycles. The third kappa shape index (κ3) is 3.79. The maximum Gasteiger partial charge on any atom is 0.0701 e. The molecule has 13 heavy (non-hydrogen) atoms. The fourth-order valence-electron chi connectivity index (χ4n) is 1.45. The van der Waals surface area contributed by atoms with Crippen LogP contribution in [0.2, 0.25) is 0 Å². The van der Waals surface area contributed by atoms with Gasteiger partial charge in [0, 0.05) is 11.3 Å². The van der Waals surface area contributed by atoms with Gasteiger partial charge in [-0.05, 0) is 41.4 Å². The van der Waals surface area contributed by atoms with E-state index in [4.69, 9.17) is 0 Å². The van der Waals surface area contributed by atoms with Gasteiger partial charge in [-0.1, -0.05) is 13.3 Å². The van der Waals surface area contributed by atoms with Crippen molar-refractivity contribution in [2.75, 3.05) is 0 Å². The molecule has 1 rings (SSSR count). The van der Waals surface area contributed by atoms with Crippen LogP contribution >= 0.6 is 27.3 Å². The van der Waals surface area contributed by atoms with Crippen LogP contribution in [-0.2, 0) is 6.42 Å². The van der Waals surface area contributed by atoms with Crippen LogP contribution in [0.5, 0.6) is 0 Å². The van der Waals surface area contributed by atoms with Crippen LogP contribution in [0.3, 0.4) is 0 Å². The van der Waals surface area contributed by atoms with Crippen molar-refractivity contribution in [3.05, 3.63) is 20.8 Å². The third-order valence-electron chi connectivity index (χ3n) is 1.97. The van der Waals surface area contributed by atoms with Gasteiger partial charge in [-0.2, -0.15) is 0 Å². The lowest BCUT2D eigenvalue weighted by atomic mass is 9.96. The molecule has 74 valence electrons. The quantitative estimate of drug-likeness (QED) is 0.879. The number of rotatable bonds is 4. The molecule has 1 N–H and O–H groups in total. The van der Waals surface area contributed by atoms with E-state index in [9.17, 15) is 5.11 Å². The highest BCUT2D eigenvalue weighted by molar-refractivity contribution is 9.11. The first-order chi connectivity index (χ1) is 6.03. The molecule has 0 amide bonds. The number of thiophene rings is 1. The van der Waals surface area contributed by atoms with E-state index in [-0.39, 0.29) is 0 Å². The van der Waals surface area contributed by atoms with E-state index in [1.165, 1.54) is 4.88 Å². The summed E-state index contributed by atoms with van der Waals surface area (Å²) in [6.45, 7) is 4.00. The number of aliphatic hydroxyl groups is 1. The Kier molecular flexibility index (Phi) is 3.95. The number of hydrogen-bond donors (Lipinski definition) is 1. The van der Waals surface area contributed by atoms with Gasteiger partial charge in [0.05, 0.1) is 9.39 Å². The Bertz CT molecular complexity index is 268. The fourth-order valence-corrected chi connectivity index (χ4v) is 3.11. The Hall–Kier alpha value is 0.140. The summed E-state index contributed by atoms with van der Waals surface area (Å²) in [5.41, 5.74) is -0.543. The summed E-state index contributed by atoms with van der Waals surface area (Å²) in [5.74, 6) is 0. The van der Waals surface area contributed by atoms with E-state index < -0.39 is 5.60 Å². The second-order valence-corrected chi connectivity index (χ2v) is 6.18. The summed E-state index contributed by atoms with van der Waals surface area (Å²) >= 11 is 5.11. The van der Waals surface area contributed by atoms with Gasteiger partial charge in [-0.3, -0.25) is 0 Å². The standard InChI is InChI=1S/C10H15BrOS/c1-3-6-10(2,12)7-8-4-5-9(11)13-8/h4-5,12H,3,6-7H2,1-2H3. The van der Waals surface area contributed by atoms with E-state index in [1.807, 2.05) is 13.0 Å². The molecule has 0 radical (unpaired) electrons. The zero-order valence-electron chi connectivity index (χ0n) is 8.01. The summed E-state index contributed by atoms with van der Waals surface area (Å²) in [6.07, 6.45) is 2.65. The van der Waals surface area contributed by atoms with E-state index in [2.05, 4.69) is 28.9 Å². The van der Waals surface area contributed by atoms with Gasteiger partial charge >= 0.3 is 0 Å². The lowest BCUT2D eigenvalue weighted by molar-refractivity contribution is 0.0513. The molecule has 0 spiro atoms. The number of hydrogen-bond acceptors (Lipinski definition) is 2. The van der Waals surface area contributed by atoms with Crippen LogP contribution in [0.15, 0.2) is 15.9 Å². The molecule has 1 aromatic heterocycles. The lowest BCUT2D eigenvalue weighted by Crippen LogP contribution is -2.26. The third-order valence-corrected chi connectivity index (χ3v) is 3.60. The molecular formula is C10H15BrOS. The lowest BCUT2D eigenvalue weighted by Gasteiger charge is -2.21. The highest BCUT2D eigenvalue weighted by Gasteiger charge is 2.20. The summed E-state index contributed by atoms with van der Waals surface area (Å²) in [7, 11) is 0. The maximum atomic E-state index is 9.97. The van der Waals surface area contributed by atoms with E-state index in [0.717, 1.165) is 23.0 Å². The molecule has 0 aliphatic rings. The average molecular weight is 263 g/mol. The average Bonchev–Trinajstić information content (AvgIpc) is 2.34. The summed E-state index contributed by atoms with van der Waals surface area (Å²) in [5, 5.41) is 9.97. The molecule has 0 bridgehead atoms. The number of halogens is 1. The van der Waals surface area contributed by atoms with Crippen molar-refractivity contribution in [1.82, 2.24) is 0 Å². The second kappa shape index (κ2) is 4.58. The minimum absolute atomic E-state index is 0.543. The Morgan fingerprint density at radius 3 is 2.69 bits per heavy atom. The molecule has 1 unspecified atom stereocenters. The maximum absolute atomic E-state index is 9.97. The van der Waals surface area contributed by atoms with E-state index in [0.29, 0.717) is 0 Å². The SMILES string of the molecule is CCCC(C)(O)Cc1ccc(Br)s1. The van der Waals surface area contributed by atoms with Crippen LogP contribution in [-0.4, -0.2) is 10.7 Å². The van der Waals surface area contributed by atoms with Crippen molar-refractivity contribution in [3.8, 4) is 0 Å². The van der Waals surface area contributed by atoms with Crippen molar-refractivity contribution in [2.45, 2.75) is 38.7 Å². The predicted octanol–water partition coefficient (Wildman–Crippen LogP) is 3.60. The van der Waals surface area contributed by atoms with Crippen molar-refractivity contribution < 1.29 is 5.11 Å². The molecule has 0 aliphatic carbocycles. The Morgan fingerprint density at radius 2 is 2.23 bits per heavy atom. The monoisotopic (exact) mass is 262 g/mol. The minimum atomic E-state index is -0.543. The van der Waals surface area contributed by atoms with Crippen LogP contribution in [0.1, 0.15) is 31.6 Å². The normalized spacial score (nSPS) is 15.7. The molecule has 1 nitrogen and oxygen atoms in total. The highest BCUT2D eigenvalue weighted by Crippen LogP contribution is 2.27. The van der Waals surface area contributed by atoms with Crippen molar-refractivity contribution in [1.29, 1.82) is 0 Å². The minimum Gasteiger partial charge on any atom is -0.390 e. The molecule has 0 saturated carbocycles. The summed E-state index contributed by atoms with van der Waals surface area (Å²) in [6, 6.07) is 4.10. The molecule has 0 fully saturated rings. The first-order valence-electron chi connectivity index (χ1n) is 4.50. The molecule has 3 heteroatoms. The first-order valence-corrected chi connectivity index (χ1v) is 6.11. The molecule has 0 aromatic carbocycles.